The molecule has 0 aliphatic heterocycles. The van der Waals surface area contributed by atoms with E-state index in [1.54, 1.807) is 20.8 Å². The molecule has 0 aliphatic rings. The monoisotopic (exact) mass is 409 g/mol. The molecule has 0 aliphatic carbocycles. The number of carbonyl (C=O) groups excluding carboxylic acids is 3. The number of alkyl carbamates (subject to hydrolysis) is 1. The van der Waals surface area contributed by atoms with Crippen molar-refractivity contribution < 1.29 is 19.1 Å². The quantitative estimate of drug-likeness (QED) is 0.583. The van der Waals surface area contributed by atoms with Crippen LogP contribution in [0.5, 0.6) is 0 Å². The minimum atomic E-state index is -0.537. The molecule has 1 aromatic rings. The fourth-order valence-corrected chi connectivity index (χ4v) is 2.70. The molecule has 3 N–H and O–H groups in total. The minimum absolute atomic E-state index is 0.0614. The van der Waals surface area contributed by atoms with Crippen LogP contribution in [-0.2, 0) is 14.3 Å². The Morgan fingerprint density at radius 3 is 2.18 bits per heavy atom. The lowest BCUT2D eigenvalue weighted by Crippen LogP contribution is -2.38. The van der Waals surface area contributed by atoms with E-state index in [4.69, 9.17) is 4.74 Å². The lowest BCUT2D eigenvalue weighted by atomic mass is 10.2. The molecular weight excluding hydrogens is 378 g/mol. The summed E-state index contributed by atoms with van der Waals surface area (Å²) in [5.74, 6) is 0.185. The Hall–Kier alpha value is -2.22. The molecule has 0 saturated heterocycles. The first-order valence-corrected chi connectivity index (χ1v) is 10.4. The van der Waals surface area contributed by atoms with E-state index in [-0.39, 0.29) is 29.2 Å². The summed E-state index contributed by atoms with van der Waals surface area (Å²) in [5.41, 5.74) is 1.33. The highest BCUT2D eigenvalue weighted by Crippen LogP contribution is 2.10. The van der Waals surface area contributed by atoms with Crippen LogP contribution in [0, 0.1) is 12.8 Å². The molecule has 0 saturated carbocycles. The first-order valence-electron chi connectivity index (χ1n) is 9.23. The molecule has 0 fully saturated rings. The van der Waals surface area contributed by atoms with Gasteiger partial charge in [-0.15, -0.1) is 11.8 Å². The van der Waals surface area contributed by atoms with Gasteiger partial charge in [-0.25, -0.2) is 4.79 Å². The van der Waals surface area contributed by atoms with E-state index in [1.165, 1.54) is 11.8 Å². The van der Waals surface area contributed by atoms with Crippen molar-refractivity contribution in [3.8, 4) is 0 Å². The maximum atomic E-state index is 11.9. The lowest BCUT2D eigenvalue weighted by Gasteiger charge is -2.21. The molecule has 1 unspecified atom stereocenters. The zero-order valence-electron chi connectivity index (χ0n) is 17.3. The normalized spacial score (nSPS) is 12.0. The predicted octanol–water partition coefficient (Wildman–Crippen LogP) is 2.94. The Labute approximate surface area is 171 Å². The smallest absolute Gasteiger partial charge is 0.407 e. The van der Waals surface area contributed by atoms with Gasteiger partial charge in [0.25, 0.3) is 0 Å². The number of anilines is 1. The molecule has 0 bridgehead atoms. The molecule has 1 aromatic carbocycles. The van der Waals surface area contributed by atoms with E-state index in [9.17, 15) is 14.4 Å². The molecule has 1 rings (SSSR count). The fraction of sp³-hybridized carbons (Fsp3) is 0.550. The lowest BCUT2D eigenvalue weighted by molar-refractivity contribution is -0.118. The van der Waals surface area contributed by atoms with Crippen molar-refractivity contribution in [2.75, 3.05) is 29.9 Å². The van der Waals surface area contributed by atoms with E-state index in [0.717, 1.165) is 11.3 Å². The van der Waals surface area contributed by atoms with Crippen LogP contribution in [-0.4, -0.2) is 48.1 Å². The van der Waals surface area contributed by atoms with Crippen LogP contribution in [0.25, 0.3) is 0 Å². The predicted molar refractivity (Wildman–Crippen MR) is 114 cm³/mol. The minimum Gasteiger partial charge on any atom is -0.444 e. The van der Waals surface area contributed by atoms with E-state index >= 15 is 0 Å². The van der Waals surface area contributed by atoms with Gasteiger partial charge in [-0.1, -0.05) is 24.6 Å². The second-order valence-electron chi connectivity index (χ2n) is 7.70. The van der Waals surface area contributed by atoms with Gasteiger partial charge >= 0.3 is 6.09 Å². The summed E-state index contributed by atoms with van der Waals surface area (Å²) in [5, 5.41) is 8.27. The Morgan fingerprint density at radius 2 is 1.57 bits per heavy atom. The Kier molecular flexibility index (Phi) is 9.85. The molecule has 3 amide bonds. The van der Waals surface area contributed by atoms with Crippen molar-refractivity contribution in [1.82, 2.24) is 10.6 Å². The fourth-order valence-electron chi connectivity index (χ4n) is 2.05. The van der Waals surface area contributed by atoms with Crippen LogP contribution in [0.15, 0.2) is 24.3 Å². The summed E-state index contributed by atoms with van der Waals surface area (Å²) < 4.78 is 5.16. The zero-order valence-corrected chi connectivity index (χ0v) is 18.1. The van der Waals surface area contributed by atoms with E-state index in [1.807, 2.05) is 38.1 Å². The van der Waals surface area contributed by atoms with Crippen molar-refractivity contribution in [3.05, 3.63) is 29.8 Å². The topological polar surface area (TPSA) is 96.5 Å². The van der Waals surface area contributed by atoms with Crippen LogP contribution in [0.1, 0.15) is 33.3 Å². The number of carbonyl (C=O) groups is 3. The van der Waals surface area contributed by atoms with Crippen molar-refractivity contribution in [3.63, 3.8) is 0 Å². The first kappa shape index (κ1) is 23.8. The summed E-state index contributed by atoms with van der Waals surface area (Å²) in [6, 6.07) is 7.54. The van der Waals surface area contributed by atoms with Gasteiger partial charge in [-0.05, 0) is 45.7 Å². The third-order valence-electron chi connectivity index (χ3n) is 3.44. The molecule has 0 aromatic heterocycles. The highest BCUT2D eigenvalue weighted by Gasteiger charge is 2.16. The number of aryl methyl sites for hydroxylation is 1. The van der Waals surface area contributed by atoms with Crippen molar-refractivity contribution in [1.29, 1.82) is 0 Å². The number of ether oxygens (including phenoxy) is 1. The number of benzene rings is 1. The average Bonchev–Trinajstić information content (AvgIpc) is 2.58. The Balaban J connectivity index is 2.14. The summed E-state index contributed by atoms with van der Waals surface area (Å²) >= 11 is 1.25. The zero-order chi connectivity index (χ0) is 21.2. The SMILES string of the molecule is Cc1ccc(NC(=O)CSCC(=O)NCC(C)CNC(=O)OC(C)(C)C)cc1. The number of hydrogen-bond donors (Lipinski definition) is 3. The van der Waals surface area contributed by atoms with Crippen molar-refractivity contribution in [2.45, 2.75) is 40.2 Å². The summed E-state index contributed by atoms with van der Waals surface area (Å²) in [6.07, 6.45) is -0.471. The number of nitrogens with one attached hydrogen (secondary N) is 3. The molecule has 8 heteroatoms. The van der Waals surface area contributed by atoms with Gasteiger partial charge in [0.1, 0.15) is 5.60 Å². The summed E-state index contributed by atoms with van der Waals surface area (Å²) in [4.78, 5) is 35.3. The average molecular weight is 410 g/mol. The third kappa shape index (κ3) is 11.5. The van der Waals surface area contributed by atoms with Gasteiger partial charge in [0.15, 0.2) is 0 Å². The maximum absolute atomic E-state index is 11.9. The van der Waals surface area contributed by atoms with Gasteiger partial charge in [0.2, 0.25) is 11.8 Å². The number of amides is 3. The molecule has 7 nitrogen and oxygen atoms in total. The molecule has 0 spiro atoms. The Morgan fingerprint density at radius 1 is 1.00 bits per heavy atom. The largest absolute Gasteiger partial charge is 0.444 e. The number of rotatable bonds is 9. The van der Waals surface area contributed by atoms with Gasteiger partial charge in [-0.3, -0.25) is 9.59 Å². The summed E-state index contributed by atoms with van der Waals surface area (Å²) in [7, 11) is 0. The van der Waals surface area contributed by atoms with E-state index in [2.05, 4.69) is 16.0 Å². The highest BCUT2D eigenvalue weighted by molar-refractivity contribution is 8.00. The van der Waals surface area contributed by atoms with Crippen LogP contribution in [0.2, 0.25) is 0 Å². The number of thioether (sulfide) groups is 1. The van der Waals surface area contributed by atoms with Crippen LogP contribution in [0.3, 0.4) is 0 Å². The van der Waals surface area contributed by atoms with Gasteiger partial charge < -0.3 is 20.7 Å². The third-order valence-corrected chi connectivity index (χ3v) is 4.38. The van der Waals surface area contributed by atoms with Crippen molar-refractivity contribution in [2.24, 2.45) is 5.92 Å². The first-order chi connectivity index (χ1) is 13.0. The van der Waals surface area contributed by atoms with Gasteiger partial charge in [0, 0.05) is 18.8 Å². The summed E-state index contributed by atoms with van der Waals surface area (Å²) in [6.45, 7) is 10.1. The molecule has 28 heavy (non-hydrogen) atoms. The second kappa shape index (κ2) is 11.6. The van der Waals surface area contributed by atoms with Crippen LogP contribution < -0.4 is 16.0 Å². The standard InChI is InChI=1S/C20H31N3O4S/c1-14-6-8-16(9-7-14)23-18(25)13-28-12-17(24)21-10-15(2)11-22-19(26)27-20(3,4)5/h6-9,15H,10-13H2,1-5H3,(H,21,24)(H,22,26)(H,23,25). The van der Waals surface area contributed by atoms with Crippen LogP contribution >= 0.6 is 11.8 Å². The second-order valence-corrected chi connectivity index (χ2v) is 8.68. The van der Waals surface area contributed by atoms with Crippen LogP contribution in [0.4, 0.5) is 10.5 Å². The highest BCUT2D eigenvalue weighted by atomic mass is 32.2. The van der Waals surface area contributed by atoms with E-state index in [0.29, 0.717) is 13.1 Å². The van der Waals surface area contributed by atoms with Gasteiger partial charge in [0.05, 0.1) is 11.5 Å². The molecule has 1 atom stereocenters. The van der Waals surface area contributed by atoms with Gasteiger partial charge in [-0.2, -0.15) is 0 Å². The molecule has 0 heterocycles. The number of hydrogen-bond acceptors (Lipinski definition) is 5. The van der Waals surface area contributed by atoms with Crippen molar-refractivity contribution >= 4 is 35.4 Å². The van der Waals surface area contributed by atoms with E-state index < -0.39 is 11.7 Å². The maximum Gasteiger partial charge on any atom is 0.407 e. The molecule has 0 radical (unpaired) electrons. The Bertz CT molecular complexity index is 656. The molecular formula is C20H31N3O4S. The molecule has 156 valence electrons.